The van der Waals surface area contributed by atoms with Crippen molar-refractivity contribution < 1.29 is 9.59 Å². The number of benzene rings is 2. The molecule has 0 spiro atoms. The summed E-state index contributed by atoms with van der Waals surface area (Å²) in [5, 5.41) is 7.67. The van der Waals surface area contributed by atoms with Gasteiger partial charge in [0.05, 0.1) is 0 Å². The average molecular weight is 347 g/mol. The monoisotopic (exact) mass is 347 g/mol. The first-order valence-corrected chi connectivity index (χ1v) is 8.55. The molecule has 1 heterocycles. The number of imide groups is 1. The predicted octanol–water partition coefficient (Wildman–Crippen LogP) is 3.63. The van der Waals surface area contributed by atoms with E-state index in [1.54, 1.807) is 13.0 Å². The molecule has 1 atom stereocenters. The Morgan fingerprint density at radius 2 is 1.69 bits per heavy atom. The van der Waals surface area contributed by atoms with E-state index in [-0.39, 0.29) is 5.91 Å². The van der Waals surface area contributed by atoms with Crippen LogP contribution in [0, 0.1) is 0 Å². The Hall–Kier alpha value is -3.21. The van der Waals surface area contributed by atoms with Crippen LogP contribution in [0.4, 0.5) is 4.79 Å². The summed E-state index contributed by atoms with van der Waals surface area (Å²) >= 11 is 0. The van der Waals surface area contributed by atoms with Crippen molar-refractivity contribution in [2.75, 3.05) is 0 Å². The zero-order valence-corrected chi connectivity index (χ0v) is 14.6. The Kier molecular flexibility index (Phi) is 5.27. The molecule has 0 unspecified atom stereocenters. The summed E-state index contributed by atoms with van der Waals surface area (Å²) in [5.41, 5.74) is 1.21. The van der Waals surface area contributed by atoms with Crippen molar-refractivity contribution in [1.29, 1.82) is 0 Å². The van der Waals surface area contributed by atoms with Crippen LogP contribution in [0.25, 0.3) is 6.08 Å². The molecule has 0 saturated carbocycles. The normalized spacial score (nSPS) is 20.3. The molecule has 1 N–H and O–H groups in total. The lowest BCUT2D eigenvalue weighted by molar-refractivity contribution is -0.130. The van der Waals surface area contributed by atoms with E-state index in [4.69, 9.17) is 0 Å². The number of hydrogen-bond donors (Lipinski definition) is 1. The van der Waals surface area contributed by atoms with Gasteiger partial charge in [-0.05, 0) is 37.0 Å². The van der Waals surface area contributed by atoms with E-state index in [2.05, 4.69) is 10.4 Å². The zero-order chi connectivity index (χ0) is 18.4. The van der Waals surface area contributed by atoms with Gasteiger partial charge in [0, 0.05) is 6.21 Å². The first-order chi connectivity index (χ1) is 12.6. The standard InChI is InChI=1S/C21H21N3O2/c1-21(15-14-18-11-6-3-7-12-18)19(25)24(20(26)23-21)22-16-8-13-17-9-4-2-5-10-17/h2-13,16H,14-15H2,1H3,(H,23,26)/b13-8+,22-16-/t21-/m1/s1. The van der Waals surface area contributed by atoms with Crippen molar-refractivity contribution in [3.8, 4) is 0 Å². The second-order valence-electron chi connectivity index (χ2n) is 6.40. The first-order valence-electron chi connectivity index (χ1n) is 8.55. The van der Waals surface area contributed by atoms with Gasteiger partial charge in [0.1, 0.15) is 5.54 Å². The molecule has 1 saturated heterocycles. The summed E-state index contributed by atoms with van der Waals surface area (Å²) in [4.78, 5) is 24.8. The number of urea groups is 1. The fraction of sp³-hybridized carbons (Fsp3) is 0.190. The molecule has 0 bridgehead atoms. The second-order valence-corrected chi connectivity index (χ2v) is 6.40. The molecule has 5 heteroatoms. The van der Waals surface area contributed by atoms with Crippen LogP contribution in [0.15, 0.2) is 71.8 Å². The molecule has 1 aliphatic heterocycles. The van der Waals surface area contributed by atoms with Crippen LogP contribution < -0.4 is 5.32 Å². The first kappa shape index (κ1) is 17.6. The van der Waals surface area contributed by atoms with Crippen molar-refractivity contribution in [3.63, 3.8) is 0 Å². The minimum absolute atomic E-state index is 0.331. The fourth-order valence-electron chi connectivity index (χ4n) is 2.81. The number of carbonyl (C=O) groups excluding carboxylic acids is 2. The van der Waals surface area contributed by atoms with Crippen molar-refractivity contribution in [2.45, 2.75) is 25.3 Å². The van der Waals surface area contributed by atoms with Gasteiger partial charge in [0.2, 0.25) is 0 Å². The zero-order valence-electron chi connectivity index (χ0n) is 14.6. The molecule has 1 fully saturated rings. The fourth-order valence-corrected chi connectivity index (χ4v) is 2.81. The number of hydrazone groups is 1. The molecule has 2 aromatic rings. The highest BCUT2D eigenvalue weighted by atomic mass is 16.2. The highest BCUT2D eigenvalue weighted by Gasteiger charge is 2.47. The molecule has 0 radical (unpaired) electrons. The quantitative estimate of drug-likeness (QED) is 0.641. The topological polar surface area (TPSA) is 61.8 Å². The van der Waals surface area contributed by atoms with Gasteiger partial charge in [0.15, 0.2) is 0 Å². The van der Waals surface area contributed by atoms with Crippen LogP contribution in [-0.4, -0.2) is 28.7 Å². The highest BCUT2D eigenvalue weighted by molar-refractivity contribution is 6.07. The maximum Gasteiger partial charge on any atom is 0.346 e. The summed E-state index contributed by atoms with van der Waals surface area (Å²) in [6.07, 6.45) is 6.24. The number of aryl methyl sites for hydroxylation is 1. The lowest BCUT2D eigenvalue weighted by Gasteiger charge is -2.20. The van der Waals surface area contributed by atoms with Gasteiger partial charge in [0.25, 0.3) is 5.91 Å². The number of hydrogen-bond acceptors (Lipinski definition) is 3. The highest BCUT2D eigenvalue weighted by Crippen LogP contribution is 2.23. The van der Waals surface area contributed by atoms with Crippen LogP contribution in [0.1, 0.15) is 24.5 Å². The molecule has 5 nitrogen and oxygen atoms in total. The van der Waals surface area contributed by atoms with Gasteiger partial charge in [-0.2, -0.15) is 5.10 Å². The van der Waals surface area contributed by atoms with E-state index >= 15 is 0 Å². The van der Waals surface area contributed by atoms with Crippen molar-refractivity contribution in [2.24, 2.45) is 5.10 Å². The third kappa shape index (κ3) is 4.06. The van der Waals surface area contributed by atoms with Crippen LogP contribution in [-0.2, 0) is 11.2 Å². The molecule has 26 heavy (non-hydrogen) atoms. The molecule has 132 valence electrons. The minimum atomic E-state index is -0.937. The van der Waals surface area contributed by atoms with Crippen LogP contribution in [0.5, 0.6) is 0 Å². The Balaban J connectivity index is 1.62. The Bertz CT molecular complexity index is 831. The van der Waals surface area contributed by atoms with Gasteiger partial charge >= 0.3 is 6.03 Å². The number of carbonyl (C=O) groups is 2. The Labute approximate surface area is 153 Å². The van der Waals surface area contributed by atoms with E-state index in [0.29, 0.717) is 12.8 Å². The molecule has 2 aromatic carbocycles. The van der Waals surface area contributed by atoms with Crippen molar-refractivity contribution in [3.05, 3.63) is 77.9 Å². The van der Waals surface area contributed by atoms with E-state index in [1.807, 2.05) is 66.7 Å². The van der Waals surface area contributed by atoms with Crippen molar-refractivity contribution in [1.82, 2.24) is 10.3 Å². The summed E-state index contributed by atoms with van der Waals surface area (Å²) in [6.45, 7) is 1.74. The van der Waals surface area contributed by atoms with Gasteiger partial charge in [-0.15, -0.1) is 5.01 Å². The van der Waals surface area contributed by atoms with Gasteiger partial charge < -0.3 is 5.32 Å². The molecular weight excluding hydrogens is 326 g/mol. The smallest absolute Gasteiger partial charge is 0.322 e. The largest absolute Gasteiger partial charge is 0.346 e. The minimum Gasteiger partial charge on any atom is -0.322 e. The van der Waals surface area contributed by atoms with E-state index in [0.717, 1.165) is 16.1 Å². The molecule has 1 aliphatic rings. The van der Waals surface area contributed by atoms with Crippen molar-refractivity contribution >= 4 is 24.2 Å². The van der Waals surface area contributed by atoms with E-state index in [1.165, 1.54) is 6.21 Å². The molecular formula is C21H21N3O2. The molecule has 3 amide bonds. The summed E-state index contributed by atoms with van der Waals surface area (Å²) < 4.78 is 0. The average Bonchev–Trinajstić information content (AvgIpc) is 2.88. The van der Waals surface area contributed by atoms with Crippen LogP contribution in [0.3, 0.4) is 0 Å². The third-order valence-electron chi connectivity index (χ3n) is 4.35. The Morgan fingerprint density at radius 3 is 2.38 bits per heavy atom. The SMILES string of the molecule is C[C@]1(CCc2ccccc2)NC(=O)N(/N=C\C=C\c2ccccc2)C1=O. The maximum absolute atomic E-state index is 12.6. The van der Waals surface area contributed by atoms with Gasteiger partial charge in [-0.3, -0.25) is 4.79 Å². The molecule has 0 aromatic heterocycles. The maximum atomic E-state index is 12.6. The number of nitrogens with one attached hydrogen (secondary N) is 1. The van der Waals surface area contributed by atoms with Gasteiger partial charge in [-0.25, -0.2) is 4.79 Å². The summed E-state index contributed by atoms with van der Waals surface area (Å²) in [7, 11) is 0. The van der Waals surface area contributed by atoms with Crippen LogP contribution in [0.2, 0.25) is 0 Å². The molecule has 0 aliphatic carbocycles. The van der Waals surface area contributed by atoms with Crippen LogP contribution >= 0.6 is 0 Å². The number of nitrogens with zero attached hydrogens (tertiary/aromatic N) is 2. The number of rotatable bonds is 6. The van der Waals surface area contributed by atoms with E-state index in [9.17, 15) is 9.59 Å². The van der Waals surface area contributed by atoms with E-state index < -0.39 is 11.6 Å². The predicted molar refractivity (Wildman–Crippen MR) is 103 cm³/mol. The van der Waals surface area contributed by atoms with Gasteiger partial charge in [-0.1, -0.05) is 66.7 Å². The lowest BCUT2D eigenvalue weighted by Crippen LogP contribution is -2.44. The third-order valence-corrected chi connectivity index (χ3v) is 4.35. The lowest BCUT2D eigenvalue weighted by atomic mass is 9.93. The summed E-state index contributed by atoms with van der Waals surface area (Å²) in [6, 6.07) is 19.1. The molecule has 3 rings (SSSR count). The number of allylic oxidation sites excluding steroid dienone is 1. The summed E-state index contributed by atoms with van der Waals surface area (Å²) in [5.74, 6) is -0.331. The number of amides is 3. The second kappa shape index (κ2) is 7.78. The Morgan fingerprint density at radius 1 is 1.04 bits per heavy atom.